The molecule has 2 heterocycles. The van der Waals surface area contributed by atoms with Gasteiger partial charge in [-0.2, -0.15) is 0 Å². The molecule has 0 amide bonds. The molecule has 0 saturated carbocycles. The van der Waals surface area contributed by atoms with E-state index in [2.05, 4.69) is 18.7 Å². The standard InChI is InChI=1S/C14H27NO2/c1-12-5-3-6-13(2)15(12)8-10-16-11-14-7-4-9-17-14/h12-14H,3-11H2,1-2H3/t12-,13-,14-/m0/s1. The van der Waals surface area contributed by atoms with Crippen molar-refractivity contribution in [3.63, 3.8) is 0 Å². The lowest BCUT2D eigenvalue weighted by atomic mass is 9.98. The van der Waals surface area contributed by atoms with Crippen molar-refractivity contribution in [3.8, 4) is 0 Å². The van der Waals surface area contributed by atoms with E-state index in [1.807, 2.05) is 0 Å². The van der Waals surface area contributed by atoms with Crippen molar-refractivity contribution >= 4 is 0 Å². The van der Waals surface area contributed by atoms with Gasteiger partial charge in [-0.25, -0.2) is 0 Å². The van der Waals surface area contributed by atoms with E-state index in [1.165, 1.54) is 32.1 Å². The number of piperidine rings is 1. The fourth-order valence-electron chi connectivity index (χ4n) is 3.08. The largest absolute Gasteiger partial charge is 0.377 e. The molecule has 0 aromatic carbocycles. The molecule has 0 aromatic rings. The first-order chi connectivity index (χ1) is 8.27. The molecule has 3 atom stereocenters. The van der Waals surface area contributed by atoms with Crippen molar-refractivity contribution < 1.29 is 9.47 Å². The second-order valence-electron chi connectivity index (χ2n) is 5.58. The number of hydrogen-bond acceptors (Lipinski definition) is 3. The van der Waals surface area contributed by atoms with Gasteiger partial charge in [-0.1, -0.05) is 6.42 Å². The number of likely N-dealkylation sites (tertiary alicyclic amines) is 1. The number of ether oxygens (including phenoxy) is 2. The maximum atomic E-state index is 5.75. The summed E-state index contributed by atoms with van der Waals surface area (Å²) in [6.07, 6.45) is 6.82. The van der Waals surface area contributed by atoms with Crippen LogP contribution in [0.15, 0.2) is 0 Å². The van der Waals surface area contributed by atoms with E-state index in [-0.39, 0.29) is 0 Å². The molecule has 2 saturated heterocycles. The molecule has 0 aliphatic carbocycles. The topological polar surface area (TPSA) is 21.7 Å². The van der Waals surface area contributed by atoms with Gasteiger partial charge in [-0.05, 0) is 39.5 Å². The van der Waals surface area contributed by atoms with Gasteiger partial charge >= 0.3 is 0 Å². The molecule has 2 rings (SSSR count). The zero-order valence-electron chi connectivity index (χ0n) is 11.4. The van der Waals surface area contributed by atoms with E-state index >= 15 is 0 Å². The van der Waals surface area contributed by atoms with Crippen LogP contribution >= 0.6 is 0 Å². The maximum absolute atomic E-state index is 5.75. The molecule has 2 aliphatic heterocycles. The van der Waals surface area contributed by atoms with E-state index in [9.17, 15) is 0 Å². The Morgan fingerprint density at radius 2 is 1.88 bits per heavy atom. The van der Waals surface area contributed by atoms with Gasteiger partial charge in [0.2, 0.25) is 0 Å². The highest BCUT2D eigenvalue weighted by atomic mass is 16.5. The first-order valence-corrected chi connectivity index (χ1v) is 7.22. The molecule has 0 spiro atoms. The van der Waals surface area contributed by atoms with Crippen molar-refractivity contribution in [2.24, 2.45) is 0 Å². The molecule has 3 nitrogen and oxygen atoms in total. The van der Waals surface area contributed by atoms with E-state index in [0.717, 1.165) is 38.4 Å². The average molecular weight is 241 g/mol. The number of hydrogen-bond donors (Lipinski definition) is 0. The summed E-state index contributed by atoms with van der Waals surface area (Å²) in [6, 6.07) is 1.45. The number of rotatable bonds is 5. The fraction of sp³-hybridized carbons (Fsp3) is 1.00. The minimum Gasteiger partial charge on any atom is -0.377 e. The van der Waals surface area contributed by atoms with Gasteiger partial charge in [0.25, 0.3) is 0 Å². The van der Waals surface area contributed by atoms with Gasteiger partial charge < -0.3 is 9.47 Å². The first-order valence-electron chi connectivity index (χ1n) is 7.22. The van der Waals surface area contributed by atoms with Crippen LogP contribution in [0.4, 0.5) is 0 Å². The average Bonchev–Trinajstić information content (AvgIpc) is 2.80. The molecule has 0 N–H and O–H groups in total. The summed E-state index contributed by atoms with van der Waals surface area (Å²) >= 11 is 0. The van der Waals surface area contributed by atoms with Gasteiger partial charge in [0.1, 0.15) is 0 Å². The minimum absolute atomic E-state index is 0.367. The van der Waals surface area contributed by atoms with Crippen LogP contribution in [-0.4, -0.2) is 49.5 Å². The van der Waals surface area contributed by atoms with E-state index in [0.29, 0.717) is 6.10 Å². The summed E-state index contributed by atoms with van der Waals surface area (Å²) in [5, 5.41) is 0. The van der Waals surface area contributed by atoms with Gasteiger partial charge in [-0.3, -0.25) is 4.90 Å². The predicted octanol–water partition coefficient (Wildman–Crippen LogP) is 2.44. The quantitative estimate of drug-likeness (QED) is 0.690. The summed E-state index contributed by atoms with van der Waals surface area (Å²) in [5.41, 5.74) is 0. The molecular weight excluding hydrogens is 214 g/mol. The molecule has 0 aromatic heterocycles. The van der Waals surface area contributed by atoms with Crippen molar-refractivity contribution in [1.82, 2.24) is 4.90 Å². The fourth-order valence-corrected chi connectivity index (χ4v) is 3.08. The van der Waals surface area contributed by atoms with Crippen LogP contribution in [0, 0.1) is 0 Å². The lowest BCUT2D eigenvalue weighted by Gasteiger charge is -2.38. The molecule has 0 radical (unpaired) electrons. The van der Waals surface area contributed by atoms with Crippen molar-refractivity contribution in [2.45, 2.75) is 64.1 Å². The third-order valence-corrected chi connectivity index (χ3v) is 4.20. The monoisotopic (exact) mass is 241 g/mol. The van der Waals surface area contributed by atoms with Crippen LogP contribution in [0.1, 0.15) is 46.0 Å². The first kappa shape index (κ1) is 13.3. The smallest absolute Gasteiger partial charge is 0.0809 e. The molecule has 0 bridgehead atoms. The summed E-state index contributed by atoms with van der Waals surface area (Å²) in [5.74, 6) is 0. The Labute approximate surface area is 105 Å². The third kappa shape index (κ3) is 3.94. The van der Waals surface area contributed by atoms with Crippen LogP contribution in [-0.2, 0) is 9.47 Å². The summed E-state index contributed by atoms with van der Waals surface area (Å²) in [7, 11) is 0. The second-order valence-corrected chi connectivity index (χ2v) is 5.58. The summed E-state index contributed by atoms with van der Waals surface area (Å²) in [6.45, 7) is 8.33. The second kappa shape index (κ2) is 6.72. The Kier molecular flexibility index (Phi) is 5.26. The van der Waals surface area contributed by atoms with Gasteiger partial charge in [0, 0.05) is 25.2 Å². The number of nitrogens with zero attached hydrogens (tertiary/aromatic N) is 1. The lowest BCUT2D eigenvalue weighted by Crippen LogP contribution is -2.45. The normalized spacial score (nSPS) is 35.3. The molecule has 3 heteroatoms. The van der Waals surface area contributed by atoms with E-state index in [4.69, 9.17) is 9.47 Å². The van der Waals surface area contributed by atoms with Crippen molar-refractivity contribution in [3.05, 3.63) is 0 Å². The Hall–Kier alpha value is -0.120. The Morgan fingerprint density at radius 3 is 2.53 bits per heavy atom. The Morgan fingerprint density at radius 1 is 1.12 bits per heavy atom. The van der Waals surface area contributed by atoms with Crippen LogP contribution in [0.5, 0.6) is 0 Å². The molecule has 2 aliphatic rings. The minimum atomic E-state index is 0.367. The molecule has 17 heavy (non-hydrogen) atoms. The third-order valence-electron chi connectivity index (χ3n) is 4.20. The molecule has 100 valence electrons. The lowest BCUT2D eigenvalue weighted by molar-refractivity contribution is -0.00184. The summed E-state index contributed by atoms with van der Waals surface area (Å²) in [4.78, 5) is 2.60. The Bertz CT molecular complexity index is 206. The van der Waals surface area contributed by atoms with Gasteiger partial charge in [-0.15, -0.1) is 0 Å². The van der Waals surface area contributed by atoms with Crippen LogP contribution < -0.4 is 0 Å². The van der Waals surface area contributed by atoms with Crippen LogP contribution in [0.25, 0.3) is 0 Å². The maximum Gasteiger partial charge on any atom is 0.0809 e. The highest BCUT2D eigenvalue weighted by Gasteiger charge is 2.24. The van der Waals surface area contributed by atoms with Crippen molar-refractivity contribution in [1.29, 1.82) is 0 Å². The summed E-state index contributed by atoms with van der Waals surface area (Å²) < 4.78 is 11.3. The van der Waals surface area contributed by atoms with Crippen LogP contribution in [0.3, 0.4) is 0 Å². The zero-order valence-corrected chi connectivity index (χ0v) is 11.4. The SMILES string of the molecule is C[C@H]1CCC[C@H](C)N1CCOC[C@@H]1CCCO1. The van der Waals surface area contributed by atoms with E-state index < -0.39 is 0 Å². The van der Waals surface area contributed by atoms with Crippen LogP contribution in [0.2, 0.25) is 0 Å². The highest BCUT2D eigenvalue weighted by molar-refractivity contribution is 4.79. The molecular formula is C14H27NO2. The highest BCUT2D eigenvalue weighted by Crippen LogP contribution is 2.21. The Balaban J connectivity index is 1.59. The van der Waals surface area contributed by atoms with E-state index in [1.54, 1.807) is 0 Å². The van der Waals surface area contributed by atoms with Gasteiger partial charge in [0.15, 0.2) is 0 Å². The van der Waals surface area contributed by atoms with Crippen molar-refractivity contribution in [2.75, 3.05) is 26.4 Å². The van der Waals surface area contributed by atoms with Gasteiger partial charge in [0.05, 0.1) is 19.3 Å². The molecule has 0 unspecified atom stereocenters. The zero-order chi connectivity index (χ0) is 12.1. The predicted molar refractivity (Wildman–Crippen MR) is 69.3 cm³/mol. The molecule has 2 fully saturated rings.